The van der Waals surface area contributed by atoms with Gasteiger partial charge in [0.15, 0.2) is 0 Å². The number of aliphatic hydroxyl groups excluding tert-OH is 1. The number of fused-ring (bicyclic) bond motifs is 3. The molecule has 0 unspecified atom stereocenters. The number of aromatic amines is 1. The van der Waals surface area contributed by atoms with Crippen LogP contribution in [0.1, 0.15) is 101 Å². The summed E-state index contributed by atoms with van der Waals surface area (Å²) in [6.45, 7) is 14.1. The predicted octanol–water partition coefficient (Wildman–Crippen LogP) is 8.27. The zero-order valence-corrected chi connectivity index (χ0v) is 43.1. The Morgan fingerprint density at radius 1 is 1.00 bits per heavy atom. The zero-order chi connectivity index (χ0) is 51.2. The van der Waals surface area contributed by atoms with E-state index in [1.165, 1.54) is 30.9 Å². The fraction of sp³-hybridized carbons (Fsp3) is 0.519. The topological polar surface area (TPSA) is 152 Å². The smallest absolute Gasteiger partial charge is 0.246 e. The highest BCUT2D eigenvalue weighted by molar-refractivity contribution is 7.13. The Bertz CT molecular complexity index is 2600. The van der Waals surface area contributed by atoms with Crippen molar-refractivity contribution in [3.8, 4) is 16.2 Å². The van der Waals surface area contributed by atoms with Gasteiger partial charge in [-0.05, 0) is 95.1 Å². The minimum absolute atomic E-state index is 0.00603. The normalized spacial score (nSPS) is 19.0. The summed E-state index contributed by atoms with van der Waals surface area (Å²) in [7, 11) is 1.94. The van der Waals surface area contributed by atoms with E-state index in [1.54, 1.807) is 11.3 Å². The van der Waals surface area contributed by atoms with Gasteiger partial charge in [-0.2, -0.15) is 0 Å². The van der Waals surface area contributed by atoms with Crippen LogP contribution in [0.4, 0.5) is 13.2 Å². The number of nitrogens with zero attached hydrogens (tertiary/aromatic N) is 4. The molecular weight excluding hydrogens is 932 g/mol. The summed E-state index contributed by atoms with van der Waals surface area (Å²) in [4.78, 5) is 54.7. The molecule has 0 aliphatic carbocycles. The van der Waals surface area contributed by atoms with Gasteiger partial charge in [-0.1, -0.05) is 63.2 Å². The first kappa shape index (κ1) is 53.5. The van der Waals surface area contributed by atoms with Gasteiger partial charge >= 0.3 is 0 Å². The van der Waals surface area contributed by atoms with Crippen molar-refractivity contribution in [2.24, 2.45) is 5.41 Å². The molecule has 17 heteroatoms. The lowest BCUT2D eigenvalue weighted by molar-refractivity contribution is -0.144. The van der Waals surface area contributed by atoms with Crippen LogP contribution in [-0.2, 0) is 32.1 Å². The summed E-state index contributed by atoms with van der Waals surface area (Å²) >= 11 is 1.57. The van der Waals surface area contributed by atoms with E-state index in [1.807, 2.05) is 101 Å². The molecule has 0 saturated carbocycles. The molecule has 1 saturated heterocycles. The van der Waals surface area contributed by atoms with Gasteiger partial charge in [0.05, 0.1) is 28.2 Å². The molecule has 0 radical (unpaired) electrons. The molecule has 3 amide bonds. The molecule has 2 aliphatic heterocycles. The van der Waals surface area contributed by atoms with Gasteiger partial charge in [-0.3, -0.25) is 19.3 Å². The van der Waals surface area contributed by atoms with E-state index >= 15 is 13.2 Å². The standard InChI is InChI=1S/C54H70F3N7O6S/c1-33-24-40-39-14-10-11-15-43(39)60-47(40)48(64(33)31-54(6,7)57)46-41(55)26-38(27-42(46)56)70-23-21-62(8)20-12-9-13-22-69-30-45(66)61-50(53(3,4)5)52(68)63-29-37(65)25-44(63)51(67)58-28-35-16-18-36(19-17-35)49-34(2)59-32-71-49/h10-11,14-19,26-27,32-33,37,44,48,50,60,65H,9,12-13,20-25,28-31H2,1-8H3,(H,58,67)(H,61,66)/t33-,37-,44+,48-,50-/m1/s1. The number of nitrogens with one attached hydrogen (secondary N) is 3. The van der Waals surface area contributed by atoms with Crippen LogP contribution in [0.15, 0.2) is 66.2 Å². The Hall–Kier alpha value is -5.33. The van der Waals surface area contributed by atoms with Crippen molar-refractivity contribution >= 4 is 40.0 Å². The molecule has 7 rings (SSSR count). The van der Waals surface area contributed by atoms with E-state index in [4.69, 9.17) is 9.47 Å². The van der Waals surface area contributed by atoms with E-state index in [0.29, 0.717) is 31.7 Å². The highest BCUT2D eigenvalue weighted by atomic mass is 32.1. The first-order valence-corrected chi connectivity index (χ1v) is 25.5. The van der Waals surface area contributed by atoms with Crippen molar-refractivity contribution in [3.63, 3.8) is 0 Å². The second-order valence-corrected chi connectivity index (χ2v) is 21.8. The molecule has 0 bridgehead atoms. The van der Waals surface area contributed by atoms with Crippen molar-refractivity contribution in [3.05, 3.63) is 106 Å². The van der Waals surface area contributed by atoms with Gasteiger partial charge < -0.3 is 40.0 Å². The van der Waals surface area contributed by atoms with Crippen LogP contribution in [0.5, 0.6) is 5.75 Å². The number of β-amino-alcohol motifs (C(OH)–C–C–N with tert-alkyl or cyclic N) is 1. The summed E-state index contributed by atoms with van der Waals surface area (Å²) in [5, 5.41) is 17.3. The lowest BCUT2D eigenvalue weighted by Gasteiger charge is -2.43. The summed E-state index contributed by atoms with van der Waals surface area (Å²) < 4.78 is 59.0. The van der Waals surface area contributed by atoms with E-state index in [2.05, 4.69) is 25.5 Å². The number of rotatable bonds is 21. The molecular formula is C54H70F3N7O6S. The lowest BCUT2D eigenvalue weighted by atomic mass is 9.85. The van der Waals surface area contributed by atoms with Gasteiger partial charge in [0.25, 0.3) is 0 Å². The van der Waals surface area contributed by atoms with Gasteiger partial charge in [0.1, 0.15) is 48.4 Å². The Kier molecular flexibility index (Phi) is 17.4. The van der Waals surface area contributed by atoms with Crippen LogP contribution >= 0.6 is 11.3 Å². The van der Waals surface area contributed by atoms with Gasteiger partial charge in [-0.25, -0.2) is 18.2 Å². The average molecular weight is 1000 g/mol. The molecule has 2 aliphatic rings. The number of unbranched alkanes of at least 4 members (excludes halogenated alkanes) is 2. The fourth-order valence-corrected chi connectivity index (χ4v) is 10.6. The lowest BCUT2D eigenvalue weighted by Crippen LogP contribution is -2.58. The summed E-state index contributed by atoms with van der Waals surface area (Å²) in [6.07, 6.45) is 2.18. The van der Waals surface area contributed by atoms with Gasteiger partial charge in [0, 0.05) is 79.5 Å². The number of carbonyl (C=O) groups is 3. The average Bonchev–Trinajstić information content (AvgIpc) is 4.03. The molecule has 1 fully saturated rings. The van der Waals surface area contributed by atoms with Crippen LogP contribution in [0.2, 0.25) is 0 Å². The summed E-state index contributed by atoms with van der Waals surface area (Å²) in [5.41, 5.74) is 4.78. The number of H-pyrrole nitrogens is 1. The zero-order valence-electron chi connectivity index (χ0n) is 42.2. The number of alkyl halides is 1. The molecule has 5 aromatic rings. The SMILES string of the molecule is Cc1ncsc1-c1ccc(CNC(=O)[C@@H]2C[C@@H](O)CN2C(=O)[C@@H](NC(=O)COCCCCCN(C)CCOc2cc(F)c([C@@H]3c4[nH]c5ccccc5c4C[C@@H](C)N3CC(C)(C)F)c(F)c2)C(C)(C)C)cc1. The van der Waals surface area contributed by atoms with Crippen LogP contribution < -0.4 is 15.4 Å². The minimum atomic E-state index is -1.60. The molecule has 4 N–H and O–H groups in total. The van der Waals surface area contributed by atoms with Crippen molar-refractivity contribution < 1.29 is 42.1 Å². The number of hydrogen-bond acceptors (Lipinski definition) is 10. The number of thiazole rings is 1. The van der Waals surface area contributed by atoms with Gasteiger partial charge in [-0.15, -0.1) is 11.3 Å². The highest BCUT2D eigenvalue weighted by Gasteiger charge is 2.45. The van der Waals surface area contributed by atoms with E-state index in [9.17, 15) is 19.5 Å². The molecule has 4 heterocycles. The number of aromatic nitrogens is 2. The highest BCUT2D eigenvalue weighted by Crippen LogP contribution is 2.44. The van der Waals surface area contributed by atoms with E-state index in [-0.39, 0.29) is 62.5 Å². The van der Waals surface area contributed by atoms with Crippen molar-refractivity contribution in [2.45, 2.75) is 123 Å². The Morgan fingerprint density at radius 3 is 2.39 bits per heavy atom. The number of ether oxygens (including phenoxy) is 2. The van der Waals surface area contributed by atoms with Crippen molar-refractivity contribution in [2.75, 3.05) is 53.0 Å². The number of carbonyl (C=O) groups excluding carboxylic acids is 3. The third kappa shape index (κ3) is 13.4. The maximum absolute atomic E-state index is 16.1. The number of aryl methyl sites for hydroxylation is 1. The summed E-state index contributed by atoms with van der Waals surface area (Å²) in [6, 6.07) is 15.2. The third-order valence-corrected chi connectivity index (χ3v) is 14.4. The number of hydrogen-bond donors (Lipinski definition) is 4. The number of likely N-dealkylation sites (tertiary alicyclic amines) is 1. The molecule has 3 aromatic carbocycles. The second-order valence-electron chi connectivity index (χ2n) is 20.9. The fourth-order valence-electron chi connectivity index (χ4n) is 9.75. The molecule has 2 aromatic heterocycles. The first-order chi connectivity index (χ1) is 33.7. The maximum Gasteiger partial charge on any atom is 0.246 e. The van der Waals surface area contributed by atoms with Crippen LogP contribution in [0.25, 0.3) is 21.3 Å². The maximum atomic E-state index is 16.1. The van der Waals surface area contributed by atoms with Crippen molar-refractivity contribution in [1.29, 1.82) is 0 Å². The molecule has 5 atom stereocenters. The summed E-state index contributed by atoms with van der Waals surface area (Å²) in [5.74, 6) is -2.71. The monoisotopic (exact) mass is 1000 g/mol. The third-order valence-electron chi connectivity index (χ3n) is 13.4. The first-order valence-electron chi connectivity index (χ1n) is 24.7. The number of amides is 3. The Balaban J connectivity index is 0.822. The molecule has 384 valence electrons. The van der Waals surface area contributed by atoms with E-state index < -0.39 is 58.8 Å². The van der Waals surface area contributed by atoms with Crippen LogP contribution in [0, 0.1) is 24.0 Å². The molecule has 71 heavy (non-hydrogen) atoms. The van der Waals surface area contributed by atoms with Gasteiger partial charge in [0.2, 0.25) is 17.7 Å². The predicted molar refractivity (Wildman–Crippen MR) is 271 cm³/mol. The quantitative estimate of drug-likeness (QED) is 0.0533. The van der Waals surface area contributed by atoms with Crippen LogP contribution in [-0.4, -0.2) is 130 Å². The number of halogens is 3. The molecule has 13 nitrogen and oxygen atoms in total. The largest absolute Gasteiger partial charge is 0.492 e. The van der Waals surface area contributed by atoms with Crippen LogP contribution in [0.3, 0.4) is 0 Å². The number of benzene rings is 3. The number of likely N-dealkylation sites (N-methyl/N-ethyl adjacent to an activating group) is 1. The molecule has 0 spiro atoms. The number of para-hydroxylation sites is 1. The Morgan fingerprint density at radius 2 is 1.72 bits per heavy atom. The van der Waals surface area contributed by atoms with Crippen molar-refractivity contribution in [1.82, 2.24) is 35.3 Å². The Labute approximate surface area is 419 Å². The number of aliphatic hydroxyl groups is 1. The van der Waals surface area contributed by atoms with E-state index in [0.717, 1.165) is 57.6 Å². The second kappa shape index (κ2) is 23.0. The minimum Gasteiger partial charge on any atom is -0.492 e.